The summed E-state index contributed by atoms with van der Waals surface area (Å²) < 4.78 is 16.5. The SMILES string of the molecule is CCOc1ncccc1CNC(=O)c1ccnc(OC2CCOC2)c1. The number of aromatic nitrogens is 2. The molecular formula is C18H21N3O4. The predicted molar refractivity (Wildman–Crippen MR) is 90.7 cm³/mol. The fourth-order valence-corrected chi connectivity index (χ4v) is 2.49. The molecule has 3 heterocycles. The van der Waals surface area contributed by atoms with Crippen molar-refractivity contribution in [3.63, 3.8) is 0 Å². The van der Waals surface area contributed by atoms with E-state index in [4.69, 9.17) is 14.2 Å². The molecule has 0 spiro atoms. The molecule has 1 unspecified atom stereocenters. The fraction of sp³-hybridized carbons (Fsp3) is 0.389. The van der Waals surface area contributed by atoms with Gasteiger partial charge in [-0.05, 0) is 19.1 Å². The summed E-state index contributed by atoms with van der Waals surface area (Å²) in [5.74, 6) is 0.756. The van der Waals surface area contributed by atoms with Gasteiger partial charge in [0.25, 0.3) is 5.91 Å². The van der Waals surface area contributed by atoms with Crippen molar-refractivity contribution in [2.75, 3.05) is 19.8 Å². The van der Waals surface area contributed by atoms with Gasteiger partial charge in [0.05, 0.1) is 19.8 Å². The Kier molecular flexibility index (Phi) is 5.79. The third kappa shape index (κ3) is 4.67. The highest BCUT2D eigenvalue weighted by Gasteiger charge is 2.18. The number of rotatable bonds is 7. The first-order chi connectivity index (χ1) is 12.3. The van der Waals surface area contributed by atoms with Crippen LogP contribution in [0.5, 0.6) is 11.8 Å². The van der Waals surface area contributed by atoms with E-state index < -0.39 is 0 Å². The van der Waals surface area contributed by atoms with Crippen LogP contribution in [0.25, 0.3) is 0 Å². The molecule has 25 heavy (non-hydrogen) atoms. The van der Waals surface area contributed by atoms with E-state index in [1.54, 1.807) is 24.5 Å². The number of carbonyl (C=O) groups is 1. The van der Waals surface area contributed by atoms with Crippen molar-refractivity contribution >= 4 is 5.91 Å². The molecule has 0 saturated carbocycles. The second-order valence-corrected chi connectivity index (χ2v) is 5.57. The predicted octanol–water partition coefficient (Wildman–Crippen LogP) is 1.97. The molecule has 1 saturated heterocycles. The van der Waals surface area contributed by atoms with Crippen LogP contribution in [-0.2, 0) is 11.3 Å². The van der Waals surface area contributed by atoms with Gasteiger partial charge in [0, 0.05) is 42.6 Å². The standard InChI is InChI=1S/C18H21N3O4/c1-2-24-18-14(4-3-7-20-18)11-21-17(22)13-5-8-19-16(10-13)25-15-6-9-23-12-15/h3-5,7-8,10,15H,2,6,9,11-12H2,1H3,(H,21,22). The molecule has 1 N–H and O–H groups in total. The van der Waals surface area contributed by atoms with Crippen molar-refractivity contribution in [1.29, 1.82) is 0 Å². The van der Waals surface area contributed by atoms with E-state index in [0.29, 0.717) is 43.7 Å². The maximum absolute atomic E-state index is 12.4. The van der Waals surface area contributed by atoms with Crippen LogP contribution in [0, 0.1) is 0 Å². The summed E-state index contributed by atoms with van der Waals surface area (Å²) in [6.07, 6.45) is 4.06. The summed E-state index contributed by atoms with van der Waals surface area (Å²) in [5, 5.41) is 2.87. The molecule has 2 aromatic heterocycles. The molecule has 0 aromatic carbocycles. The first-order valence-corrected chi connectivity index (χ1v) is 8.31. The zero-order valence-electron chi connectivity index (χ0n) is 14.1. The summed E-state index contributed by atoms with van der Waals surface area (Å²) >= 11 is 0. The Morgan fingerprint density at radius 1 is 1.36 bits per heavy atom. The average molecular weight is 343 g/mol. The quantitative estimate of drug-likeness (QED) is 0.828. The van der Waals surface area contributed by atoms with E-state index >= 15 is 0 Å². The molecule has 1 atom stereocenters. The largest absolute Gasteiger partial charge is 0.478 e. The molecule has 2 aromatic rings. The highest BCUT2D eigenvalue weighted by Crippen LogP contribution is 2.17. The van der Waals surface area contributed by atoms with Crippen LogP contribution >= 0.6 is 0 Å². The lowest BCUT2D eigenvalue weighted by Crippen LogP contribution is -2.24. The topological polar surface area (TPSA) is 82.6 Å². The van der Waals surface area contributed by atoms with Gasteiger partial charge < -0.3 is 19.5 Å². The van der Waals surface area contributed by atoms with Gasteiger partial charge in [0.1, 0.15) is 6.10 Å². The monoisotopic (exact) mass is 343 g/mol. The van der Waals surface area contributed by atoms with Gasteiger partial charge >= 0.3 is 0 Å². The number of nitrogens with one attached hydrogen (secondary N) is 1. The molecule has 7 nitrogen and oxygen atoms in total. The third-order valence-corrected chi connectivity index (χ3v) is 3.74. The molecule has 7 heteroatoms. The molecular weight excluding hydrogens is 322 g/mol. The van der Waals surface area contributed by atoms with E-state index in [9.17, 15) is 4.79 Å². The summed E-state index contributed by atoms with van der Waals surface area (Å²) in [7, 11) is 0. The average Bonchev–Trinajstić information content (AvgIpc) is 3.14. The van der Waals surface area contributed by atoms with Gasteiger partial charge in [-0.25, -0.2) is 9.97 Å². The molecule has 1 fully saturated rings. The number of pyridine rings is 2. The number of hydrogen-bond acceptors (Lipinski definition) is 6. The zero-order chi connectivity index (χ0) is 17.5. The Morgan fingerprint density at radius 2 is 2.28 bits per heavy atom. The van der Waals surface area contributed by atoms with Crippen LogP contribution in [0.4, 0.5) is 0 Å². The van der Waals surface area contributed by atoms with E-state index in [0.717, 1.165) is 12.0 Å². The summed E-state index contributed by atoms with van der Waals surface area (Å²) in [6.45, 7) is 3.99. The number of amides is 1. The van der Waals surface area contributed by atoms with Gasteiger partial charge in [-0.15, -0.1) is 0 Å². The second-order valence-electron chi connectivity index (χ2n) is 5.57. The third-order valence-electron chi connectivity index (χ3n) is 3.74. The molecule has 1 aliphatic rings. The zero-order valence-corrected chi connectivity index (χ0v) is 14.1. The van der Waals surface area contributed by atoms with Gasteiger partial charge in [0.2, 0.25) is 11.8 Å². The summed E-state index contributed by atoms with van der Waals surface area (Å²) in [6, 6.07) is 6.98. The molecule has 0 bridgehead atoms. The maximum atomic E-state index is 12.4. The lowest BCUT2D eigenvalue weighted by molar-refractivity contribution is 0.0949. The lowest BCUT2D eigenvalue weighted by Gasteiger charge is -2.12. The van der Waals surface area contributed by atoms with Crippen molar-refractivity contribution in [3.8, 4) is 11.8 Å². The van der Waals surface area contributed by atoms with Crippen molar-refractivity contribution in [1.82, 2.24) is 15.3 Å². The molecule has 1 aliphatic heterocycles. The fourth-order valence-electron chi connectivity index (χ4n) is 2.49. The first kappa shape index (κ1) is 17.2. The number of nitrogens with zero attached hydrogens (tertiary/aromatic N) is 2. The minimum atomic E-state index is -0.207. The highest BCUT2D eigenvalue weighted by molar-refractivity contribution is 5.94. The molecule has 132 valence electrons. The Labute approximate surface area is 146 Å². The second kappa shape index (κ2) is 8.43. The van der Waals surface area contributed by atoms with E-state index in [1.165, 1.54) is 0 Å². The lowest BCUT2D eigenvalue weighted by atomic mass is 10.2. The smallest absolute Gasteiger partial charge is 0.251 e. The Balaban J connectivity index is 1.61. The van der Waals surface area contributed by atoms with E-state index in [2.05, 4.69) is 15.3 Å². The van der Waals surface area contributed by atoms with Gasteiger partial charge in [-0.3, -0.25) is 4.79 Å². The summed E-state index contributed by atoms with van der Waals surface area (Å²) in [5.41, 5.74) is 1.32. The van der Waals surface area contributed by atoms with Gasteiger partial charge in [-0.1, -0.05) is 6.07 Å². The maximum Gasteiger partial charge on any atom is 0.251 e. The minimum absolute atomic E-state index is 0.00467. The van der Waals surface area contributed by atoms with E-state index in [-0.39, 0.29) is 12.0 Å². The van der Waals surface area contributed by atoms with Crippen molar-refractivity contribution < 1.29 is 19.0 Å². The number of ether oxygens (including phenoxy) is 3. The van der Waals surface area contributed by atoms with Crippen molar-refractivity contribution in [2.24, 2.45) is 0 Å². The van der Waals surface area contributed by atoms with Crippen LogP contribution in [-0.4, -0.2) is 41.8 Å². The summed E-state index contributed by atoms with van der Waals surface area (Å²) in [4.78, 5) is 20.7. The number of hydrogen-bond donors (Lipinski definition) is 1. The van der Waals surface area contributed by atoms with Gasteiger partial charge in [0.15, 0.2) is 0 Å². The Hall–Kier alpha value is -2.67. The Morgan fingerprint density at radius 3 is 3.08 bits per heavy atom. The van der Waals surface area contributed by atoms with Crippen LogP contribution in [0.1, 0.15) is 29.3 Å². The molecule has 0 radical (unpaired) electrons. The van der Waals surface area contributed by atoms with Gasteiger partial charge in [-0.2, -0.15) is 0 Å². The van der Waals surface area contributed by atoms with Crippen LogP contribution < -0.4 is 14.8 Å². The van der Waals surface area contributed by atoms with Crippen LogP contribution in [0.2, 0.25) is 0 Å². The number of carbonyl (C=O) groups excluding carboxylic acids is 1. The van der Waals surface area contributed by atoms with E-state index in [1.807, 2.05) is 19.1 Å². The minimum Gasteiger partial charge on any atom is -0.478 e. The van der Waals surface area contributed by atoms with Crippen molar-refractivity contribution in [2.45, 2.75) is 26.0 Å². The molecule has 3 rings (SSSR count). The first-order valence-electron chi connectivity index (χ1n) is 8.31. The Bertz CT molecular complexity index is 717. The molecule has 0 aliphatic carbocycles. The highest BCUT2D eigenvalue weighted by atomic mass is 16.5. The molecule has 1 amide bonds. The normalized spacial score (nSPS) is 16.4. The van der Waals surface area contributed by atoms with Crippen LogP contribution in [0.15, 0.2) is 36.7 Å². The van der Waals surface area contributed by atoms with Crippen LogP contribution in [0.3, 0.4) is 0 Å². The van der Waals surface area contributed by atoms with Crippen molar-refractivity contribution in [3.05, 3.63) is 47.8 Å².